The highest BCUT2D eigenvalue weighted by Gasteiger charge is 2.28. The van der Waals surface area contributed by atoms with Gasteiger partial charge in [0.2, 0.25) is 0 Å². The fraction of sp³-hybridized carbons (Fsp3) is 1.00. The zero-order valence-corrected chi connectivity index (χ0v) is 12.7. The SMILES string of the molecule is CCSC1CCCC1NC(C)CS(=O)(=O)CC. The maximum Gasteiger partial charge on any atom is 0.151 e. The zero-order valence-electron chi connectivity index (χ0n) is 11.1. The van der Waals surface area contributed by atoms with Crippen LogP contribution < -0.4 is 5.32 Å². The first-order chi connectivity index (χ1) is 7.98. The Balaban J connectivity index is 2.42. The molecule has 102 valence electrons. The summed E-state index contributed by atoms with van der Waals surface area (Å²) < 4.78 is 23.1. The molecule has 1 fully saturated rings. The number of nitrogens with one attached hydrogen (secondary N) is 1. The normalized spacial score (nSPS) is 27.2. The quantitative estimate of drug-likeness (QED) is 0.775. The summed E-state index contributed by atoms with van der Waals surface area (Å²) >= 11 is 2.00. The van der Waals surface area contributed by atoms with E-state index in [0.29, 0.717) is 11.3 Å². The first-order valence-electron chi connectivity index (χ1n) is 6.56. The van der Waals surface area contributed by atoms with Crippen molar-refractivity contribution in [1.82, 2.24) is 5.32 Å². The van der Waals surface area contributed by atoms with Crippen molar-refractivity contribution in [3.8, 4) is 0 Å². The van der Waals surface area contributed by atoms with Crippen LogP contribution in [-0.2, 0) is 9.84 Å². The highest BCUT2D eigenvalue weighted by molar-refractivity contribution is 7.99. The summed E-state index contributed by atoms with van der Waals surface area (Å²) in [6.07, 6.45) is 3.72. The molecule has 17 heavy (non-hydrogen) atoms. The van der Waals surface area contributed by atoms with Crippen molar-refractivity contribution in [1.29, 1.82) is 0 Å². The molecule has 0 bridgehead atoms. The van der Waals surface area contributed by atoms with Gasteiger partial charge in [-0.15, -0.1) is 0 Å². The van der Waals surface area contributed by atoms with Gasteiger partial charge in [-0.3, -0.25) is 0 Å². The molecule has 1 N–H and O–H groups in total. The predicted octanol–water partition coefficient (Wildman–Crippen LogP) is 2.07. The van der Waals surface area contributed by atoms with Crippen LogP contribution in [-0.4, -0.2) is 43.0 Å². The Hall–Kier alpha value is 0.260. The second-order valence-electron chi connectivity index (χ2n) is 4.80. The zero-order chi connectivity index (χ0) is 12.9. The van der Waals surface area contributed by atoms with Crippen LogP contribution in [0.25, 0.3) is 0 Å². The van der Waals surface area contributed by atoms with Gasteiger partial charge in [-0.1, -0.05) is 20.3 Å². The summed E-state index contributed by atoms with van der Waals surface area (Å²) in [6.45, 7) is 5.89. The van der Waals surface area contributed by atoms with Crippen molar-refractivity contribution in [3.05, 3.63) is 0 Å². The standard InChI is InChI=1S/C12H25NO2S2/c1-4-16-12-8-6-7-11(12)13-10(3)9-17(14,15)5-2/h10-13H,4-9H2,1-3H3. The van der Waals surface area contributed by atoms with Gasteiger partial charge in [-0.2, -0.15) is 11.8 Å². The van der Waals surface area contributed by atoms with Crippen LogP contribution >= 0.6 is 11.8 Å². The Labute approximate surface area is 110 Å². The molecule has 0 aromatic heterocycles. The molecule has 5 heteroatoms. The fourth-order valence-corrected chi connectivity index (χ4v) is 4.74. The lowest BCUT2D eigenvalue weighted by atomic mass is 10.2. The Morgan fingerprint density at radius 2 is 2.06 bits per heavy atom. The van der Waals surface area contributed by atoms with E-state index in [9.17, 15) is 8.42 Å². The summed E-state index contributed by atoms with van der Waals surface area (Å²) in [5, 5.41) is 4.18. The van der Waals surface area contributed by atoms with Gasteiger partial charge in [0.15, 0.2) is 9.84 Å². The van der Waals surface area contributed by atoms with Crippen LogP contribution in [0.2, 0.25) is 0 Å². The van der Waals surface area contributed by atoms with Gasteiger partial charge in [-0.25, -0.2) is 8.42 Å². The molecule has 3 atom stereocenters. The second-order valence-corrected chi connectivity index (χ2v) is 8.71. The fourth-order valence-electron chi connectivity index (χ4n) is 2.44. The van der Waals surface area contributed by atoms with E-state index in [4.69, 9.17) is 0 Å². The Morgan fingerprint density at radius 3 is 2.65 bits per heavy atom. The number of rotatable bonds is 7. The summed E-state index contributed by atoms with van der Waals surface area (Å²) in [5.74, 6) is 1.66. The maximum atomic E-state index is 11.5. The Kier molecular flexibility index (Phi) is 6.31. The van der Waals surface area contributed by atoms with Gasteiger partial charge >= 0.3 is 0 Å². The van der Waals surface area contributed by atoms with Crippen molar-refractivity contribution in [2.24, 2.45) is 0 Å². The summed E-state index contributed by atoms with van der Waals surface area (Å²) in [5.41, 5.74) is 0. The predicted molar refractivity (Wildman–Crippen MR) is 76.5 cm³/mol. The minimum absolute atomic E-state index is 0.0722. The molecule has 0 amide bonds. The molecular weight excluding hydrogens is 254 g/mol. The monoisotopic (exact) mass is 279 g/mol. The van der Waals surface area contributed by atoms with Crippen molar-refractivity contribution in [2.75, 3.05) is 17.3 Å². The van der Waals surface area contributed by atoms with Crippen LogP contribution in [0.5, 0.6) is 0 Å². The molecule has 3 unspecified atom stereocenters. The second kappa shape index (κ2) is 7.00. The van der Waals surface area contributed by atoms with Gasteiger partial charge in [0, 0.05) is 23.1 Å². The van der Waals surface area contributed by atoms with E-state index in [1.807, 2.05) is 18.7 Å². The Morgan fingerprint density at radius 1 is 1.35 bits per heavy atom. The lowest BCUT2D eigenvalue weighted by molar-refractivity contribution is 0.474. The minimum atomic E-state index is -2.86. The van der Waals surface area contributed by atoms with E-state index in [1.54, 1.807) is 6.92 Å². The molecule has 0 radical (unpaired) electrons. The highest BCUT2D eigenvalue weighted by Crippen LogP contribution is 2.30. The maximum absolute atomic E-state index is 11.5. The van der Waals surface area contributed by atoms with Crippen molar-refractivity contribution >= 4 is 21.6 Å². The van der Waals surface area contributed by atoms with Gasteiger partial charge in [-0.05, 0) is 25.5 Å². The topological polar surface area (TPSA) is 46.2 Å². The molecule has 0 aliphatic heterocycles. The van der Waals surface area contributed by atoms with E-state index in [2.05, 4.69) is 12.2 Å². The van der Waals surface area contributed by atoms with E-state index < -0.39 is 9.84 Å². The van der Waals surface area contributed by atoms with Gasteiger partial charge < -0.3 is 5.32 Å². The average Bonchev–Trinajstić information content (AvgIpc) is 2.65. The third kappa shape index (κ3) is 5.18. The molecule has 0 saturated heterocycles. The molecular formula is C12H25NO2S2. The molecule has 1 aliphatic carbocycles. The van der Waals surface area contributed by atoms with E-state index in [1.165, 1.54) is 19.3 Å². The largest absolute Gasteiger partial charge is 0.309 e. The first kappa shape index (κ1) is 15.3. The number of thioether (sulfide) groups is 1. The molecule has 0 aromatic carbocycles. The van der Waals surface area contributed by atoms with E-state index in [-0.39, 0.29) is 17.5 Å². The molecule has 0 spiro atoms. The van der Waals surface area contributed by atoms with Crippen LogP contribution in [0.1, 0.15) is 40.0 Å². The molecule has 1 aliphatic rings. The molecule has 0 aromatic rings. The van der Waals surface area contributed by atoms with Crippen LogP contribution in [0.3, 0.4) is 0 Å². The molecule has 0 heterocycles. The lowest BCUT2D eigenvalue weighted by Crippen LogP contribution is -2.43. The summed E-state index contributed by atoms with van der Waals surface area (Å²) in [4.78, 5) is 0. The number of hydrogen-bond acceptors (Lipinski definition) is 4. The third-order valence-electron chi connectivity index (χ3n) is 3.28. The van der Waals surface area contributed by atoms with Crippen molar-refractivity contribution in [3.63, 3.8) is 0 Å². The van der Waals surface area contributed by atoms with Crippen LogP contribution in [0.15, 0.2) is 0 Å². The summed E-state index contributed by atoms with van der Waals surface area (Å²) in [7, 11) is -2.86. The van der Waals surface area contributed by atoms with Gasteiger partial charge in [0.05, 0.1) is 5.75 Å². The smallest absolute Gasteiger partial charge is 0.151 e. The lowest BCUT2D eigenvalue weighted by Gasteiger charge is -2.24. The minimum Gasteiger partial charge on any atom is -0.309 e. The average molecular weight is 279 g/mol. The Bertz CT molecular complexity index is 316. The summed E-state index contributed by atoms with van der Waals surface area (Å²) in [6, 6.07) is 0.574. The molecule has 1 saturated carbocycles. The van der Waals surface area contributed by atoms with Crippen molar-refractivity contribution in [2.45, 2.75) is 57.4 Å². The number of sulfone groups is 1. The molecule has 1 rings (SSSR count). The highest BCUT2D eigenvalue weighted by atomic mass is 32.2. The van der Waals surface area contributed by atoms with Gasteiger partial charge in [0.25, 0.3) is 0 Å². The first-order valence-corrected chi connectivity index (χ1v) is 9.43. The van der Waals surface area contributed by atoms with Gasteiger partial charge in [0.1, 0.15) is 0 Å². The van der Waals surface area contributed by atoms with Crippen molar-refractivity contribution < 1.29 is 8.42 Å². The third-order valence-corrected chi connectivity index (χ3v) is 6.49. The van der Waals surface area contributed by atoms with Crippen LogP contribution in [0.4, 0.5) is 0 Å². The number of hydrogen-bond donors (Lipinski definition) is 1. The van der Waals surface area contributed by atoms with E-state index in [0.717, 1.165) is 5.75 Å². The van der Waals surface area contributed by atoms with Crippen LogP contribution in [0, 0.1) is 0 Å². The van der Waals surface area contributed by atoms with E-state index >= 15 is 0 Å². The molecule has 3 nitrogen and oxygen atoms in total.